The molecule has 0 bridgehead atoms. The summed E-state index contributed by atoms with van der Waals surface area (Å²) in [5.41, 5.74) is 6.96. The van der Waals surface area contributed by atoms with Crippen molar-refractivity contribution in [1.82, 2.24) is 14.5 Å². The van der Waals surface area contributed by atoms with E-state index < -0.39 is 11.4 Å². The lowest BCUT2D eigenvalue weighted by molar-refractivity contribution is -0.129. The van der Waals surface area contributed by atoms with Crippen molar-refractivity contribution in [1.29, 1.82) is 0 Å². The van der Waals surface area contributed by atoms with Crippen molar-refractivity contribution in [3.8, 4) is 5.69 Å². The van der Waals surface area contributed by atoms with Crippen LogP contribution < -0.4 is 5.73 Å². The van der Waals surface area contributed by atoms with Crippen LogP contribution in [0.25, 0.3) is 16.7 Å². The van der Waals surface area contributed by atoms with E-state index in [1.165, 1.54) is 4.90 Å². The van der Waals surface area contributed by atoms with Crippen molar-refractivity contribution in [3.63, 3.8) is 0 Å². The lowest BCUT2D eigenvalue weighted by Gasteiger charge is -2.35. The second kappa shape index (κ2) is 6.84. The van der Waals surface area contributed by atoms with Crippen LogP contribution in [-0.4, -0.2) is 32.9 Å². The maximum Gasteiger partial charge on any atom is 0.232 e. The first-order valence-corrected chi connectivity index (χ1v) is 9.72. The Bertz CT molecular complexity index is 1170. The topological polar surface area (TPSA) is 76.5 Å². The predicted octanol–water partition coefficient (Wildman–Crippen LogP) is 3.91. The monoisotopic (exact) mass is 413 g/mol. The molecule has 0 radical (unpaired) electrons. The fraction of sp³-hybridized carbons (Fsp3) is 0.286. The van der Waals surface area contributed by atoms with Crippen molar-refractivity contribution in [2.45, 2.75) is 32.7 Å². The molecule has 1 amide bonds. The van der Waals surface area contributed by atoms with Gasteiger partial charge >= 0.3 is 0 Å². The van der Waals surface area contributed by atoms with Gasteiger partial charge in [-0.05, 0) is 45.0 Å². The molecule has 6 nitrogen and oxygen atoms in total. The van der Waals surface area contributed by atoms with Crippen LogP contribution in [0.1, 0.15) is 31.7 Å². The Morgan fingerprint density at radius 2 is 2.07 bits per heavy atom. The Balaban J connectivity index is 1.91. The zero-order chi connectivity index (χ0) is 20.9. The van der Waals surface area contributed by atoms with Crippen LogP contribution in [0.3, 0.4) is 0 Å². The average molecular weight is 414 g/mol. The number of imidazole rings is 1. The molecule has 0 saturated carbocycles. The highest BCUT2D eigenvalue weighted by molar-refractivity contribution is 6.31. The van der Waals surface area contributed by atoms with E-state index in [0.29, 0.717) is 34.2 Å². The molecular weight excluding hydrogens is 393 g/mol. The summed E-state index contributed by atoms with van der Waals surface area (Å²) >= 11 is 6.15. The van der Waals surface area contributed by atoms with E-state index in [2.05, 4.69) is 9.98 Å². The second-order valence-corrected chi connectivity index (χ2v) is 7.76. The number of guanidine groups is 1. The fourth-order valence-electron chi connectivity index (χ4n) is 3.95. The van der Waals surface area contributed by atoms with Crippen LogP contribution in [0.15, 0.2) is 41.4 Å². The number of aromatic nitrogens is 2. The van der Waals surface area contributed by atoms with Gasteiger partial charge in [0.05, 0.1) is 28.7 Å². The minimum absolute atomic E-state index is 0.0391. The second-order valence-electron chi connectivity index (χ2n) is 7.32. The molecule has 2 aromatic carbocycles. The molecule has 3 aromatic rings. The number of amides is 1. The molecule has 0 fully saturated rings. The van der Waals surface area contributed by atoms with Crippen molar-refractivity contribution < 1.29 is 9.18 Å². The van der Waals surface area contributed by atoms with Crippen molar-refractivity contribution in [3.05, 3.63) is 58.6 Å². The molecule has 1 aliphatic rings. The van der Waals surface area contributed by atoms with Crippen molar-refractivity contribution in [2.75, 3.05) is 6.54 Å². The highest BCUT2D eigenvalue weighted by atomic mass is 35.5. The molecule has 29 heavy (non-hydrogen) atoms. The number of rotatable bonds is 3. The molecule has 8 heteroatoms. The van der Waals surface area contributed by atoms with Gasteiger partial charge in [-0.1, -0.05) is 23.7 Å². The first kappa shape index (κ1) is 19.4. The quantitative estimate of drug-likeness (QED) is 0.707. The number of benzene rings is 2. The summed E-state index contributed by atoms with van der Waals surface area (Å²) in [5, 5.41) is 0.539. The summed E-state index contributed by atoms with van der Waals surface area (Å²) in [7, 11) is 0. The van der Waals surface area contributed by atoms with Crippen LogP contribution in [0, 0.1) is 12.7 Å². The van der Waals surface area contributed by atoms with E-state index in [1.807, 2.05) is 6.92 Å². The van der Waals surface area contributed by atoms with Gasteiger partial charge in [0.15, 0.2) is 11.8 Å². The Hall–Kier alpha value is -2.93. The molecule has 1 atom stereocenters. The summed E-state index contributed by atoms with van der Waals surface area (Å²) in [4.78, 5) is 22.9. The molecule has 150 valence electrons. The summed E-state index contributed by atoms with van der Waals surface area (Å²) in [6, 6.07) is 10.4. The van der Waals surface area contributed by atoms with Crippen LogP contribution in [-0.2, 0) is 10.3 Å². The number of halogens is 2. The largest absolute Gasteiger partial charge is 0.369 e. The minimum Gasteiger partial charge on any atom is -0.369 e. The summed E-state index contributed by atoms with van der Waals surface area (Å²) in [6.45, 7) is 5.78. The molecule has 4 rings (SSSR count). The molecule has 2 N–H and O–H groups in total. The number of nitrogens with zero attached hydrogens (tertiary/aromatic N) is 4. The smallest absolute Gasteiger partial charge is 0.232 e. The maximum atomic E-state index is 15.8. The number of aliphatic imine (C=N–C) groups is 1. The number of carbonyl (C=O) groups is 1. The van der Waals surface area contributed by atoms with Gasteiger partial charge in [-0.3, -0.25) is 14.3 Å². The third-order valence-electron chi connectivity index (χ3n) is 5.33. The van der Waals surface area contributed by atoms with Crippen LogP contribution >= 0.6 is 11.6 Å². The molecule has 0 aliphatic carbocycles. The molecule has 0 unspecified atom stereocenters. The number of hydrogen-bond donors (Lipinski definition) is 1. The molecule has 0 spiro atoms. The Morgan fingerprint density at radius 1 is 1.31 bits per heavy atom. The van der Waals surface area contributed by atoms with Gasteiger partial charge in [0.1, 0.15) is 5.82 Å². The van der Waals surface area contributed by atoms with E-state index in [9.17, 15) is 4.79 Å². The standard InChI is InChI=1S/C21H21ClFN5O/c1-4-27-18(29)11-21(3,26-20(27)24)14-6-5-7-16(19(14)23)28-12(2)25-15-9-8-13(22)10-17(15)28/h5-10H,4,11H2,1-3H3,(H2,24,26)/t21-/m0/s1. The van der Waals surface area contributed by atoms with E-state index in [4.69, 9.17) is 17.3 Å². The lowest BCUT2D eigenvalue weighted by Crippen LogP contribution is -2.49. The van der Waals surface area contributed by atoms with Crippen LogP contribution in [0.5, 0.6) is 0 Å². The lowest BCUT2D eigenvalue weighted by atomic mass is 9.86. The number of hydrogen-bond acceptors (Lipinski definition) is 4. The fourth-order valence-corrected chi connectivity index (χ4v) is 4.11. The average Bonchev–Trinajstić information content (AvgIpc) is 2.96. The third kappa shape index (κ3) is 3.06. The number of fused-ring (bicyclic) bond motifs is 1. The molecule has 0 saturated heterocycles. The van der Waals surface area contributed by atoms with Gasteiger partial charge in [-0.15, -0.1) is 0 Å². The summed E-state index contributed by atoms with van der Waals surface area (Å²) in [6.07, 6.45) is 0.0391. The zero-order valence-corrected chi connectivity index (χ0v) is 17.2. The van der Waals surface area contributed by atoms with Gasteiger partial charge in [0, 0.05) is 17.1 Å². The highest BCUT2D eigenvalue weighted by Gasteiger charge is 2.39. The first-order chi connectivity index (χ1) is 13.7. The van der Waals surface area contributed by atoms with Crippen LogP contribution in [0.2, 0.25) is 5.02 Å². The highest BCUT2D eigenvalue weighted by Crippen LogP contribution is 2.37. The minimum atomic E-state index is -1.09. The number of aryl methyl sites for hydroxylation is 1. The van der Waals surface area contributed by atoms with Gasteiger partial charge < -0.3 is 5.73 Å². The summed E-state index contributed by atoms with van der Waals surface area (Å²) < 4.78 is 17.5. The maximum absolute atomic E-state index is 15.8. The predicted molar refractivity (Wildman–Crippen MR) is 112 cm³/mol. The molecule has 1 aromatic heterocycles. The van der Waals surface area contributed by atoms with E-state index in [0.717, 1.165) is 5.52 Å². The van der Waals surface area contributed by atoms with Crippen molar-refractivity contribution >= 4 is 34.5 Å². The van der Waals surface area contributed by atoms with E-state index >= 15 is 4.39 Å². The van der Waals surface area contributed by atoms with Gasteiger partial charge in [0.25, 0.3) is 0 Å². The normalized spacial score (nSPS) is 19.7. The number of carbonyl (C=O) groups excluding carboxylic acids is 1. The first-order valence-electron chi connectivity index (χ1n) is 9.35. The molecule has 1 aliphatic heterocycles. The van der Waals surface area contributed by atoms with Gasteiger partial charge in [-0.2, -0.15) is 0 Å². The van der Waals surface area contributed by atoms with Crippen LogP contribution in [0.4, 0.5) is 4.39 Å². The Morgan fingerprint density at radius 3 is 2.76 bits per heavy atom. The van der Waals surface area contributed by atoms with E-state index in [-0.39, 0.29) is 18.3 Å². The Labute approximate surface area is 172 Å². The Kier molecular flexibility index (Phi) is 4.58. The van der Waals surface area contributed by atoms with Crippen molar-refractivity contribution in [2.24, 2.45) is 10.7 Å². The molecular formula is C21H21ClFN5O. The SMILES string of the molecule is CCN1C(=O)C[C@@](C)(c2cccc(-n3c(C)nc4ccc(Cl)cc43)c2F)N=C1N. The zero-order valence-electron chi connectivity index (χ0n) is 16.4. The van der Waals surface area contributed by atoms with E-state index in [1.54, 1.807) is 54.8 Å². The van der Waals surface area contributed by atoms with Gasteiger partial charge in [-0.25, -0.2) is 14.4 Å². The summed E-state index contributed by atoms with van der Waals surface area (Å²) in [5.74, 6) is 0.0884. The van der Waals surface area contributed by atoms with Gasteiger partial charge in [0.2, 0.25) is 5.91 Å². The number of nitrogens with two attached hydrogens (primary N) is 1. The molecule has 2 heterocycles. The third-order valence-corrected chi connectivity index (χ3v) is 5.57.